The number of nitrogens with two attached hydrogens (primary N) is 1. The van der Waals surface area contributed by atoms with Crippen LogP contribution in [0.1, 0.15) is 6.92 Å². The second-order valence-electron chi connectivity index (χ2n) is 1.43. The molecule has 1 aromatic rings. The van der Waals surface area contributed by atoms with E-state index in [1.165, 1.54) is 0 Å². The molecule has 70 valence electrons. The summed E-state index contributed by atoms with van der Waals surface area (Å²) in [6.07, 6.45) is 3.10. The fourth-order valence-electron chi connectivity index (χ4n) is 0.253. The Morgan fingerprint density at radius 3 is 2.15 bits per heavy atom. The number of aromatic nitrogens is 2. The maximum absolute atomic E-state index is 9.00. The van der Waals surface area contributed by atoms with Crippen LogP contribution in [-0.4, -0.2) is 21.2 Å². The minimum atomic E-state index is -0.833. The quantitative estimate of drug-likeness (QED) is 0.429. The van der Waals surface area contributed by atoms with Crippen molar-refractivity contribution in [3.63, 3.8) is 0 Å². The molecule has 0 amide bonds. The molecule has 0 aliphatic heterocycles. The van der Waals surface area contributed by atoms with E-state index in [0.717, 1.165) is 6.92 Å². The van der Waals surface area contributed by atoms with Gasteiger partial charge in [0, 0.05) is 12.9 Å². The fourth-order valence-corrected chi connectivity index (χ4v) is 0.253. The van der Waals surface area contributed by atoms with Crippen molar-refractivity contribution in [2.75, 3.05) is 5.73 Å². The normalized spacial score (nSPS) is 6.38. The molecule has 0 fully saturated rings. The third-order valence-electron chi connectivity index (χ3n) is 0.480. The average molecular weight is 239 g/mol. The van der Waals surface area contributed by atoms with Crippen LogP contribution in [0.2, 0.25) is 0 Å². The first-order chi connectivity index (χ1) is 5.63. The number of nitrogens with zero attached hydrogens (tertiary/aromatic N) is 2. The Morgan fingerprint density at radius 1 is 1.69 bits per heavy atom. The van der Waals surface area contributed by atoms with E-state index in [4.69, 9.17) is 20.7 Å². The molecular formula is C6H11N3O3Zn. The van der Waals surface area contributed by atoms with E-state index in [1.807, 2.05) is 0 Å². The van der Waals surface area contributed by atoms with Gasteiger partial charge in [-0.3, -0.25) is 4.79 Å². The molecule has 0 spiro atoms. The summed E-state index contributed by atoms with van der Waals surface area (Å²) in [6.45, 7) is 1.08. The van der Waals surface area contributed by atoms with Crippen LogP contribution in [0.4, 0.5) is 5.95 Å². The topological polar surface area (TPSA) is 111 Å². The summed E-state index contributed by atoms with van der Waals surface area (Å²) in [5, 5.41) is 14.2. The summed E-state index contributed by atoms with van der Waals surface area (Å²) in [7, 11) is 2.25. The summed E-state index contributed by atoms with van der Waals surface area (Å²) in [5.41, 5.74) is 5.06. The van der Waals surface area contributed by atoms with Gasteiger partial charge in [-0.05, 0) is 12.4 Å². The van der Waals surface area contributed by atoms with Gasteiger partial charge in [0.15, 0.2) is 0 Å². The molecule has 0 aliphatic rings. The van der Waals surface area contributed by atoms with Crippen molar-refractivity contribution in [2.24, 2.45) is 0 Å². The van der Waals surface area contributed by atoms with Crippen LogP contribution in [0.3, 0.4) is 0 Å². The second kappa shape index (κ2) is 13.6. The van der Waals surface area contributed by atoms with Crippen LogP contribution in [-0.2, 0) is 24.3 Å². The molecule has 6 nitrogen and oxygen atoms in total. The van der Waals surface area contributed by atoms with E-state index < -0.39 is 5.97 Å². The Bertz CT molecular complexity index is 187. The molecule has 0 unspecified atom stereocenters. The molecule has 1 rings (SSSR count). The predicted molar refractivity (Wildman–Crippen MR) is 42.6 cm³/mol. The van der Waals surface area contributed by atoms with Gasteiger partial charge in [0.2, 0.25) is 0 Å². The molecule has 1 heterocycles. The minimum Gasteiger partial charge on any atom is -0.569 e. The molecule has 4 N–H and O–H groups in total. The summed E-state index contributed by atoms with van der Waals surface area (Å²) in [6, 6.07) is 0. The van der Waals surface area contributed by atoms with Crippen molar-refractivity contribution in [3.8, 4) is 0 Å². The van der Waals surface area contributed by atoms with Crippen molar-refractivity contribution in [1.29, 1.82) is 0 Å². The van der Waals surface area contributed by atoms with Crippen molar-refractivity contribution >= 4 is 11.9 Å². The van der Waals surface area contributed by atoms with E-state index in [-0.39, 0.29) is 19.5 Å². The van der Waals surface area contributed by atoms with Crippen LogP contribution in [0.5, 0.6) is 0 Å². The Balaban J connectivity index is -0.000000128. The summed E-state index contributed by atoms with van der Waals surface area (Å²) in [5.74, 6) is -0.491. The first-order valence-electron chi connectivity index (χ1n) is 2.83. The van der Waals surface area contributed by atoms with Gasteiger partial charge < -0.3 is 25.9 Å². The zero-order valence-corrected chi connectivity index (χ0v) is 10.3. The van der Waals surface area contributed by atoms with Gasteiger partial charge in [-0.25, -0.2) is 7.11 Å². The number of aliphatic hydroxyl groups excluding tert-OH is 1. The molecule has 0 atom stereocenters. The molecule has 0 radical (unpaired) electrons. The Hall–Kier alpha value is -0.937. The molecule has 1 aromatic heterocycles. The zero-order chi connectivity index (χ0) is 9.98. The van der Waals surface area contributed by atoms with Gasteiger partial charge >= 0.3 is 19.5 Å². The first-order valence-corrected chi connectivity index (χ1v) is 2.83. The van der Waals surface area contributed by atoms with E-state index in [9.17, 15) is 0 Å². The molecule has 0 aliphatic carbocycles. The average Bonchev–Trinajstić information content (AvgIpc) is 2.43. The number of imidazole rings is 1. The van der Waals surface area contributed by atoms with Crippen molar-refractivity contribution in [1.82, 2.24) is 9.97 Å². The number of carboxylic acids is 1. The van der Waals surface area contributed by atoms with Gasteiger partial charge in [-0.15, -0.1) is 0 Å². The predicted octanol–water partition coefficient (Wildman–Crippen LogP) is -0.140. The zero-order valence-electron chi connectivity index (χ0n) is 7.34. The third kappa shape index (κ3) is 24.7. The maximum Gasteiger partial charge on any atom is 2.00 e. The molecule has 0 saturated carbocycles. The van der Waals surface area contributed by atoms with Crippen molar-refractivity contribution in [3.05, 3.63) is 19.5 Å². The number of hydrogen-bond acceptors (Lipinski definition) is 4. The van der Waals surface area contributed by atoms with Crippen LogP contribution < -0.4 is 10.7 Å². The van der Waals surface area contributed by atoms with Gasteiger partial charge in [0.25, 0.3) is 5.97 Å². The number of anilines is 1. The first kappa shape index (κ1) is 18.0. The Labute approximate surface area is 88.9 Å². The van der Waals surface area contributed by atoms with E-state index in [0.29, 0.717) is 5.95 Å². The van der Waals surface area contributed by atoms with Gasteiger partial charge in [0.1, 0.15) is 0 Å². The van der Waals surface area contributed by atoms with E-state index in [1.54, 1.807) is 12.4 Å². The van der Waals surface area contributed by atoms with Crippen LogP contribution in [0.25, 0.3) is 0 Å². The SMILES string of the molecule is CC(=O)O.Nc1ncc[n-]1.[CH2-]O.[Zn+2]. The molecule has 0 aromatic carbocycles. The standard InChI is InChI=1S/C3H4N3.C2H4O2.CH3O.Zn/c4-3-5-1-2-6-3;1-2(3)4;1-2;/h1-2H,(H2-,4,5,6);1H3,(H,3,4);2H,1H2;/q-1;;-1;+2. The van der Waals surface area contributed by atoms with E-state index >= 15 is 0 Å². The summed E-state index contributed by atoms with van der Waals surface area (Å²) in [4.78, 5) is 16.2. The number of rotatable bonds is 0. The Kier molecular flexibility index (Phi) is 18.9. The largest absolute Gasteiger partial charge is 2.00 e. The molecule has 13 heavy (non-hydrogen) atoms. The number of aliphatic carboxylic acids is 1. The monoisotopic (exact) mass is 237 g/mol. The number of hydrogen-bond donors (Lipinski definition) is 3. The number of carbonyl (C=O) groups is 1. The van der Waals surface area contributed by atoms with Crippen molar-refractivity contribution < 1.29 is 34.5 Å². The Morgan fingerprint density at radius 2 is 2.08 bits per heavy atom. The van der Waals surface area contributed by atoms with Crippen LogP contribution >= 0.6 is 0 Å². The van der Waals surface area contributed by atoms with Gasteiger partial charge in [-0.1, -0.05) is 0 Å². The maximum atomic E-state index is 9.00. The number of nitrogen functional groups attached to an aromatic ring is 1. The number of carboxylic acid groups (broad SMARTS) is 1. The van der Waals surface area contributed by atoms with Gasteiger partial charge in [-0.2, -0.15) is 0 Å². The summed E-state index contributed by atoms with van der Waals surface area (Å²) < 4.78 is 0. The van der Waals surface area contributed by atoms with E-state index in [2.05, 4.69) is 17.1 Å². The van der Waals surface area contributed by atoms with Gasteiger partial charge in [0.05, 0.1) is 0 Å². The molecule has 7 heteroatoms. The van der Waals surface area contributed by atoms with Crippen molar-refractivity contribution in [2.45, 2.75) is 6.92 Å². The fraction of sp³-hybridized carbons (Fsp3) is 0.167. The molecule has 0 bridgehead atoms. The molecule has 0 saturated heterocycles. The van der Waals surface area contributed by atoms with Crippen LogP contribution in [0.15, 0.2) is 12.4 Å². The van der Waals surface area contributed by atoms with Crippen LogP contribution in [0, 0.1) is 7.11 Å². The molecular weight excluding hydrogens is 227 g/mol. The summed E-state index contributed by atoms with van der Waals surface area (Å²) >= 11 is 0. The minimum absolute atomic E-state index is 0. The third-order valence-corrected chi connectivity index (χ3v) is 0.480. The second-order valence-corrected chi connectivity index (χ2v) is 1.43. The number of aliphatic hydroxyl groups is 1. The smallest absolute Gasteiger partial charge is 0.569 e.